The molecule has 9 nitrogen and oxygen atoms in total. The number of aryl methyl sites for hydroxylation is 2. The summed E-state index contributed by atoms with van der Waals surface area (Å²) in [4.78, 5) is 22.0. The minimum atomic E-state index is -3.67. The van der Waals surface area contributed by atoms with Gasteiger partial charge in [-0.25, -0.2) is 8.42 Å². The van der Waals surface area contributed by atoms with Crippen LogP contribution in [0.5, 0.6) is 0 Å². The first-order chi connectivity index (χ1) is 14.2. The summed E-state index contributed by atoms with van der Waals surface area (Å²) in [6, 6.07) is 4.64. The third kappa shape index (κ3) is 4.17. The number of amides is 1. The number of rotatable bonds is 6. The summed E-state index contributed by atoms with van der Waals surface area (Å²) in [6.07, 6.45) is -0.222. The summed E-state index contributed by atoms with van der Waals surface area (Å²) in [6.45, 7) is 4.95. The van der Waals surface area contributed by atoms with Crippen LogP contribution in [0.4, 0.5) is 6.01 Å². The van der Waals surface area contributed by atoms with Gasteiger partial charge < -0.3 is 9.25 Å². The van der Waals surface area contributed by atoms with Gasteiger partial charge in [-0.1, -0.05) is 23.7 Å². The zero-order valence-electron chi connectivity index (χ0n) is 16.5. The Morgan fingerprint density at radius 1 is 1.40 bits per heavy atom. The molecule has 0 bridgehead atoms. The van der Waals surface area contributed by atoms with Crippen LogP contribution < -0.4 is 5.32 Å². The number of halogens is 1. The molecule has 1 aromatic heterocycles. The number of hydrogen-bond acceptors (Lipinski definition) is 8. The number of aromatic nitrogens is 1. The summed E-state index contributed by atoms with van der Waals surface area (Å²) < 4.78 is 30.6. The summed E-state index contributed by atoms with van der Waals surface area (Å²) in [5, 5.41) is 15.2. The number of oxazole rings is 1. The predicted octanol–water partition coefficient (Wildman–Crippen LogP) is 3.40. The molecule has 0 saturated carbocycles. The van der Waals surface area contributed by atoms with Crippen LogP contribution in [0.2, 0.25) is 5.02 Å². The molecule has 2 heterocycles. The van der Waals surface area contributed by atoms with Gasteiger partial charge in [0.1, 0.15) is 11.9 Å². The van der Waals surface area contributed by atoms with E-state index >= 15 is 0 Å². The van der Waals surface area contributed by atoms with Crippen LogP contribution in [-0.2, 0) is 14.7 Å². The second-order valence-corrected chi connectivity index (χ2v) is 9.27. The van der Waals surface area contributed by atoms with Crippen LogP contribution in [-0.4, -0.2) is 36.9 Å². The molecular formula is C19H19ClN4O5S. The normalized spacial score (nSPS) is 16.0. The molecule has 0 aliphatic carbocycles. The lowest BCUT2D eigenvalue weighted by molar-refractivity contribution is 0.0891. The molecule has 158 valence electrons. The number of sulfone groups is 1. The van der Waals surface area contributed by atoms with Crippen molar-refractivity contribution < 1.29 is 22.5 Å². The average molecular weight is 451 g/mol. The molecule has 0 radical (unpaired) electrons. The van der Waals surface area contributed by atoms with Crippen LogP contribution in [0, 0.1) is 25.2 Å². The molecule has 1 unspecified atom stereocenters. The summed E-state index contributed by atoms with van der Waals surface area (Å²) >= 11 is 6.50. The number of carbonyl (C=O) groups is 1. The van der Waals surface area contributed by atoms with Crippen LogP contribution in [0.3, 0.4) is 0 Å². The highest BCUT2D eigenvalue weighted by Crippen LogP contribution is 2.33. The maximum Gasteiger partial charge on any atom is 0.302 e. The van der Waals surface area contributed by atoms with Gasteiger partial charge in [0.05, 0.1) is 45.1 Å². The topological polar surface area (TPSA) is 135 Å². The second kappa shape index (κ2) is 8.45. The second-order valence-electron chi connectivity index (χ2n) is 6.65. The number of anilines is 1. The fourth-order valence-corrected chi connectivity index (χ4v) is 4.43. The third-order valence-corrected chi connectivity index (χ3v) is 6.82. The maximum atomic E-state index is 12.8. The van der Waals surface area contributed by atoms with E-state index in [4.69, 9.17) is 26.1 Å². The van der Waals surface area contributed by atoms with E-state index in [9.17, 15) is 13.2 Å². The lowest BCUT2D eigenvalue weighted by Crippen LogP contribution is -2.18. The first kappa shape index (κ1) is 21.8. The van der Waals surface area contributed by atoms with E-state index in [1.165, 1.54) is 19.1 Å². The Hall–Kier alpha value is -2.90. The molecule has 11 heteroatoms. The van der Waals surface area contributed by atoms with E-state index in [0.717, 1.165) is 0 Å². The van der Waals surface area contributed by atoms with E-state index in [-0.39, 0.29) is 51.4 Å². The monoisotopic (exact) mass is 450 g/mol. The highest BCUT2D eigenvalue weighted by Gasteiger charge is 2.31. The van der Waals surface area contributed by atoms with Crippen molar-refractivity contribution in [2.24, 2.45) is 5.16 Å². The van der Waals surface area contributed by atoms with Gasteiger partial charge in [-0.2, -0.15) is 10.2 Å². The Kier molecular flexibility index (Phi) is 6.14. The molecule has 0 saturated heterocycles. The SMILES string of the molecule is CCS(=O)(=O)c1ccc(C(=O)Nc2nc(C)c(C)o2)c(Cl)c1C1=NOC(CC#N)C1. The van der Waals surface area contributed by atoms with Gasteiger partial charge in [-0.15, -0.1) is 0 Å². The molecule has 1 N–H and O–H groups in total. The van der Waals surface area contributed by atoms with Crippen molar-refractivity contribution in [3.05, 3.63) is 39.7 Å². The Balaban J connectivity index is 2.04. The van der Waals surface area contributed by atoms with Crippen molar-refractivity contribution >= 4 is 39.1 Å². The Morgan fingerprint density at radius 3 is 2.73 bits per heavy atom. The van der Waals surface area contributed by atoms with Gasteiger partial charge >= 0.3 is 6.01 Å². The number of hydrogen-bond donors (Lipinski definition) is 1. The number of nitrogens with one attached hydrogen (secondary N) is 1. The Morgan fingerprint density at radius 2 is 2.13 bits per heavy atom. The number of benzene rings is 1. The van der Waals surface area contributed by atoms with E-state index < -0.39 is 21.8 Å². The van der Waals surface area contributed by atoms with Crippen molar-refractivity contribution in [2.45, 2.75) is 44.6 Å². The van der Waals surface area contributed by atoms with E-state index in [2.05, 4.69) is 15.5 Å². The van der Waals surface area contributed by atoms with Crippen molar-refractivity contribution in [1.29, 1.82) is 5.26 Å². The molecule has 0 spiro atoms. The molecule has 3 rings (SSSR count). The van der Waals surface area contributed by atoms with Gasteiger partial charge in [-0.05, 0) is 26.0 Å². The fourth-order valence-electron chi connectivity index (χ4n) is 2.90. The minimum Gasteiger partial charge on any atom is -0.428 e. The molecule has 1 aromatic carbocycles. The quantitative estimate of drug-likeness (QED) is 0.712. The molecule has 1 aliphatic rings. The van der Waals surface area contributed by atoms with Crippen LogP contribution >= 0.6 is 11.6 Å². The lowest BCUT2D eigenvalue weighted by atomic mass is 10.0. The molecule has 2 aromatic rings. The first-order valence-corrected chi connectivity index (χ1v) is 11.1. The summed E-state index contributed by atoms with van der Waals surface area (Å²) in [5.74, 6) is -0.217. The molecule has 1 aliphatic heterocycles. The van der Waals surface area contributed by atoms with Gasteiger partial charge in [0.2, 0.25) is 0 Å². The maximum absolute atomic E-state index is 12.8. The number of oxime groups is 1. The minimum absolute atomic E-state index is 0.00787. The summed E-state index contributed by atoms with van der Waals surface area (Å²) in [7, 11) is -3.67. The Bertz CT molecular complexity index is 1160. The van der Waals surface area contributed by atoms with Crippen LogP contribution in [0.15, 0.2) is 26.6 Å². The Labute approximate surface area is 178 Å². The average Bonchev–Trinajstić information content (AvgIpc) is 3.27. The van der Waals surface area contributed by atoms with E-state index in [1.54, 1.807) is 13.8 Å². The van der Waals surface area contributed by atoms with Crippen molar-refractivity contribution in [1.82, 2.24) is 4.98 Å². The highest BCUT2D eigenvalue weighted by molar-refractivity contribution is 7.91. The number of nitrogens with zero attached hydrogens (tertiary/aromatic N) is 3. The molecule has 1 amide bonds. The van der Waals surface area contributed by atoms with E-state index in [0.29, 0.717) is 11.5 Å². The molecular weight excluding hydrogens is 432 g/mol. The van der Waals surface area contributed by atoms with Crippen molar-refractivity contribution in [2.75, 3.05) is 11.1 Å². The first-order valence-electron chi connectivity index (χ1n) is 9.08. The molecule has 30 heavy (non-hydrogen) atoms. The van der Waals surface area contributed by atoms with Crippen molar-refractivity contribution in [3.63, 3.8) is 0 Å². The molecule has 0 fully saturated rings. The van der Waals surface area contributed by atoms with E-state index in [1.807, 2.05) is 6.07 Å². The van der Waals surface area contributed by atoms with Crippen molar-refractivity contribution in [3.8, 4) is 6.07 Å². The number of carbonyl (C=O) groups excluding carboxylic acids is 1. The fraction of sp³-hybridized carbons (Fsp3) is 0.368. The van der Waals surface area contributed by atoms with Gasteiger partial charge in [0.15, 0.2) is 9.84 Å². The third-order valence-electron chi connectivity index (χ3n) is 4.65. The van der Waals surface area contributed by atoms with Gasteiger partial charge in [0.25, 0.3) is 5.91 Å². The standard InChI is InChI=1S/C19H19ClN4O5S/c1-4-30(26,27)15-6-5-13(18(25)23-19-22-10(2)11(3)28-19)17(20)16(15)14-9-12(7-8-21)29-24-14/h5-6,12H,4,7,9H2,1-3H3,(H,22,23,25). The lowest BCUT2D eigenvalue weighted by Gasteiger charge is -2.14. The van der Waals surface area contributed by atoms with Gasteiger partial charge in [0, 0.05) is 12.0 Å². The largest absolute Gasteiger partial charge is 0.428 e. The number of nitriles is 1. The zero-order chi connectivity index (χ0) is 22.1. The van der Waals surface area contributed by atoms with Gasteiger partial charge in [-0.3, -0.25) is 10.1 Å². The zero-order valence-corrected chi connectivity index (χ0v) is 18.1. The summed E-state index contributed by atoms with van der Waals surface area (Å²) in [5.41, 5.74) is 1.03. The van der Waals surface area contributed by atoms with Crippen LogP contribution in [0.25, 0.3) is 0 Å². The highest BCUT2D eigenvalue weighted by atomic mass is 35.5. The van der Waals surface area contributed by atoms with Crippen LogP contribution in [0.1, 0.15) is 47.1 Å². The molecule has 1 atom stereocenters. The predicted molar refractivity (Wildman–Crippen MR) is 109 cm³/mol. The smallest absolute Gasteiger partial charge is 0.302 e.